The quantitative estimate of drug-likeness (QED) is 0.824. The molecule has 5 heteroatoms. The van der Waals surface area contributed by atoms with E-state index in [-0.39, 0.29) is 18.2 Å². The molecule has 2 rings (SSSR count). The van der Waals surface area contributed by atoms with E-state index in [1.54, 1.807) is 12.1 Å². The molecule has 2 N–H and O–H groups in total. The Hall–Kier alpha value is -2.33. The monoisotopic (exact) mass is 330 g/mol. The molecule has 0 aliphatic heterocycles. The average molecular weight is 331 g/mol. The molecule has 0 aliphatic carbocycles. The molecule has 2 amide bonds. The molecule has 2 aromatic carbocycles. The Bertz CT molecular complexity index is 757. The number of halogens is 1. The fourth-order valence-corrected chi connectivity index (χ4v) is 2.27. The molecule has 2 aromatic rings. The summed E-state index contributed by atoms with van der Waals surface area (Å²) in [5, 5.41) is 5.96. The van der Waals surface area contributed by atoms with Crippen molar-refractivity contribution in [2.45, 2.75) is 27.2 Å². The van der Waals surface area contributed by atoms with Gasteiger partial charge in [-0.3, -0.25) is 9.59 Å². The van der Waals surface area contributed by atoms with Crippen LogP contribution in [-0.4, -0.2) is 11.8 Å². The highest BCUT2D eigenvalue weighted by atomic mass is 35.5. The molecule has 0 spiro atoms. The largest absolute Gasteiger partial charge is 0.326 e. The molecule has 0 saturated heterocycles. The predicted octanol–water partition coefficient (Wildman–Crippen LogP) is 4.23. The number of hydrogen-bond donors (Lipinski definition) is 2. The second-order valence-electron chi connectivity index (χ2n) is 5.53. The van der Waals surface area contributed by atoms with Crippen LogP contribution in [0.1, 0.15) is 23.1 Å². The highest BCUT2D eigenvalue weighted by Crippen LogP contribution is 2.20. The van der Waals surface area contributed by atoms with E-state index in [1.807, 2.05) is 45.0 Å². The third-order valence-electron chi connectivity index (χ3n) is 3.59. The highest BCUT2D eigenvalue weighted by Gasteiger charge is 2.11. The van der Waals surface area contributed by atoms with Gasteiger partial charge in [-0.25, -0.2) is 0 Å². The maximum atomic E-state index is 12.0. The van der Waals surface area contributed by atoms with Gasteiger partial charge in [-0.05, 0) is 61.7 Å². The van der Waals surface area contributed by atoms with Gasteiger partial charge >= 0.3 is 0 Å². The molecule has 0 radical (unpaired) electrons. The molecule has 23 heavy (non-hydrogen) atoms. The fourth-order valence-electron chi connectivity index (χ4n) is 2.09. The Morgan fingerprint density at radius 1 is 0.870 bits per heavy atom. The van der Waals surface area contributed by atoms with Crippen LogP contribution < -0.4 is 10.6 Å². The maximum Gasteiger partial charge on any atom is 0.233 e. The number of carbonyl (C=O) groups excluding carboxylic acids is 2. The lowest BCUT2D eigenvalue weighted by molar-refractivity contribution is -0.123. The van der Waals surface area contributed by atoms with Crippen LogP contribution in [0.25, 0.3) is 0 Å². The number of hydrogen-bond acceptors (Lipinski definition) is 2. The van der Waals surface area contributed by atoms with Gasteiger partial charge in [0.15, 0.2) is 0 Å². The second-order valence-corrected chi connectivity index (χ2v) is 5.97. The third-order valence-corrected chi connectivity index (χ3v) is 3.82. The summed E-state index contributed by atoms with van der Waals surface area (Å²) in [6, 6.07) is 10.9. The molecule has 0 heterocycles. The Kier molecular flexibility index (Phi) is 5.40. The number of nitrogens with one attached hydrogen (secondary N) is 2. The van der Waals surface area contributed by atoms with E-state index in [9.17, 15) is 9.59 Å². The molecule has 4 nitrogen and oxygen atoms in total. The molecular weight excluding hydrogens is 312 g/mol. The summed E-state index contributed by atoms with van der Waals surface area (Å²) in [5.41, 5.74) is 4.42. The fraction of sp³-hybridized carbons (Fsp3) is 0.222. The van der Waals surface area contributed by atoms with Gasteiger partial charge in [0, 0.05) is 16.4 Å². The zero-order valence-electron chi connectivity index (χ0n) is 13.4. The predicted molar refractivity (Wildman–Crippen MR) is 94.0 cm³/mol. The Morgan fingerprint density at radius 3 is 2.22 bits per heavy atom. The van der Waals surface area contributed by atoms with Crippen molar-refractivity contribution in [1.82, 2.24) is 0 Å². The lowest BCUT2D eigenvalue weighted by Crippen LogP contribution is -2.21. The molecule has 0 unspecified atom stereocenters. The molecule has 0 saturated carbocycles. The SMILES string of the molecule is Cc1ccc(NC(=O)CC(=O)Nc2cc(Cl)ccc2C)cc1C. The summed E-state index contributed by atoms with van der Waals surface area (Å²) in [6.07, 6.45) is -0.251. The van der Waals surface area contributed by atoms with Crippen molar-refractivity contribution >= 4 is 34.8 Å². The lowest BCUT2D eigenvalue weighted by atomic mass is 10.1. The summed E-state index contributed by atoms with van der Waals surface area (Å²) < 4.78 is 0. The maximum absolute atomic E-state index is 12.0. The topological polar surface area (TPSA) is 58.2 Å². The Balaban J connectivity index is 1.95. The Labute approximate surface area is 140 Å². The van der Waals surface area contributed by atoms with Gasteiger partial charge in [0.05, 0.1) is 0 Å². The molecular formula is C18H19ClN2O2. The summed E-state index contributed by atoms with van der Waals surface area (Å²) in [5.74, 6) is -0.734. The number of rotatable bonds is 4. The van der Waals surface area contributed by atoms with Crippen LogP contribution in [0.4, 0.5) is 11.4 Å². The van der Waals surface area contributed by atoms with Crippen LogP contribution in [0.3, 0.4) is 0 Å². The van der Waals surface area contributed by atoms with E-state index in [4.69, 9.17) is 11.6 Å². The normalized spacial score (nSPS) is 10.3. The van der Waals surface area contributed by atoms with E-state index >= 15 is 0 Å². The van der Waals surface area contributed by atoms with Crippen LogP contribution in [0.15, 0.2) is 36.4 Å². The minimum Gasteiger partial charge on any atom is -0.326 e. The lowest BCUT2D eigenvalue weighted by Gasteiger charge is -2.10. The van der Waals surface area contributed by atoms with Crippen molar-refractivity contribution in [1.29, 1.82) is 0 Å². The summed E-state index contributed by atoms with van der Waals surface area (Å²) in [7, 11) is 0. The summed E-state index contributed by atoms with van der Waals surface area (Å²) in [6.45, 7) is 5.84. The van der Waals surface area contributed by atoms with Crippen LogP contribution in [-0.2, 0) is 9.59 Å². The molecule has 0 fully saturated rings. The molecule has 0 atom stereocenters. The summed E-state index contributed by atoms with van der Waals surface area (Å²) >= 11 is 5.91. The zero-order valence-corrected chi connectivity index (χ0v) is 14.1. The smallest absolute Gasteiger partial charge is 0.233 e. The minimum absolute atomic E-state index is 0.251. The molecule has 0 aliphatic rings. The van der Waals surface area contributed by atoms with Crippen LogP contribution in [0.5, 0.6) is 0 Å². The van der Waals surface area contributed by atoms with Crippen molar-refractivity contribution in [2.75, 3.05) is 10.6 Å². The molecule has 0 bridgehead atoms. The Morgan fingerprint density at radius 2 is 1.52 bits per heavy atom. The number of benzene rings is 2. The van der Waals surface area contributed by atoms with E-state index in [0.29, 0.717) is 16.4 Å². The number of carbonyl (C=O) groups is 2. The van der Waals surface area contributed by atoms with Crippen molar-refractivity contribution in [3.05, 3.63) is 58.1 Å². The van der Waals surface area contributed by atoms with Crippen molar-refractivity contribution < 1.29 is 9.59 Å². The van der Waals surface area contributed by atoms with Crippen LogP contribution in [0.2, 0.25) is 5.02 Å². The van der Waals surface area contributed by atoms with E-state index in [2.05, 4.69) is 10.6 Å². The van der Waals surface area contributed by atoms with Gasteiger partial charge in [0.25, 0.3) is 0 Å². The van der Waals surface area contributed by atoms with Gasteiger partial charge in [-0.1, -0.05) is 23.7 Å². The standard InChI is InChI=1S/C18H19ClN2O2/c1-11-5-7-15(8-13(11)3)20-17(22)10-18(23)21-16-9-14(19)6-4-12(16)2/h4-9H,10H2,1-3H3,(H,20,22)(H,21,23). The van der Waals surface area contributed by atoms with Crippen molar-refractivity contribution in [3.8, 4) is 0 Å². The first-order valence-electron chi connectivity index (χ1n) is 7.28. The minimum atomic E-state index is -0.378. The first-order valence-corrected chi connectivity index (χ1v) is 7.66. The van der Waals surface area contributed by atoms with Crippen LogP contribution >= 0.6 is 11.6 Å². The van der Waals surface area contributed by atoms with Gasteiger partial charge in [-0.15, -0.1) is 0 Å². The first kappa shape index (κ1) is 17.0. The van der Waals surface area contributed by atoms with Crippen LogP contribution in [0, 0.1) is 20.8 Å². The van der Waals surface area contributed by atoms with E-state index in [0.717, 1.165) is 16.7 Å². The second kappa shape index (κ2) is 7.29. The zero-order chi connectivity index (χ0) is 17.0. The van der Waals surface area contributed by atoms with Crippen molar-refractivity contribution in [2.24, 2.45) is 0 Å². The van der Waals surface area contributed by atoms with Gasteiger partial charge in [0.1, 0.15) is 6.42 Å². The van der Waals surface area contributed by atoms with Gasteiger partial charge in [0.2, 0.25) is 11.8 Å². The molecule has 120 valence electrons. The van der Waals surface area contributed by atoms with Gasteiger partial charge in [-0.2, -0.15) is 0 Å². The average Bonchev–Trinajstić information content (AvgIpc) is 2.46. The third kappa shape index (κ3) is 4.83. The molecule has 0 aromatic heterocycles. The van der Waals surface area contributed by atoms with Crippen molar-refractivity contribution in [3.63, 3.8) is 0 Å². The van der Waals surface area contributed by atoms with Gasteiger partial charge < -0.3 is 10.6 Å². The summed E-state index contributed by atoms with van der Waals surface area (Å²) in [4.78, 5) is 23.9. The highest BCUT2D eigenvalue weighted by molar-refractivity contribution is 6.31. The number of anilines is 2. The number of amides is 2. The number of aryl methyl sites for hydroxylation is 3. The van der Waals surface area contributed by atoms with E-state index < -0.39 is 0 Å². The van der Waals surface area contributed by atoms with E-state index in [1.165, 1.54) is 0 Å². The first-order chi connectivity index (χ1) is 10.8.